The Balaban J connectivity index is 1.75. The van der Waals surface area contributed by atoms with Crippen LogP contribution in [0.4, 0.5) is 27.6 Å². The smallest absolute Gasteiger partial charge is 0.350 e. The molecule has 1 aromatic carbocycles. The third kappa shape index (κ3) is 6.43. The van der Waals surface area contributed by atoms with Gasteiger partial charge in [-0.15, -0.1) is 10.2 Å². The Morgan fingerprint density at radius 1 is 1.12 bits per heavy atom. The van der Waals surface area contributed by atoms with Crippen molar-refractivity contribution in [3.05, 3.63) is 75.5 Å². The summed E-state index contributed by atoms with van der Waals surface area (Å²) >= 11 is 6.27. The zero-order valence-electron chi connectivity index (χ0n) is 22.4. The SMILES string of the molecule is Cc1cc(C#N)cc(C(=O)NC(C)C)c1NC(=O)c1cc(Cn2nnc(C(F)(F)C(F)(F)F)n2)nn1-c1ncccc1Cl. The summed E-state index contributed by atoms with van der Waals surface area (Å²) in [5, 5.41) is 28.2. The van der Waals surface area contributed by atoms with E-state index in [2.05, 4.69) is 36.1 Å². The van der Waals surface area contributed by atoms with Crippen LogP contribution < -0.4 is 10.6 Å². The number of tetrazole rings is 1. The van der Waals surface area contributed by atoms with Crippen LogP contribution in [-0.2, 0) is 12.5 Å². The van der Waals surface area contributed by atoms with E-state index in [1.165, 1.54) is 36.5 Å². The van der Waals surface area contributed by atoms with E-state index in [9.17, 15) is 36.8 Å². The number of aromatic nitrogens is 7. The number of nitrogens with one attached hydrogen (secondary N) is 2. The van der Waals surface area contributed by atoms with Crippen molar-refractivity contribution in [1.29, 1.82) is 5.26 Å². The van der Waals surface area contributed by atoms with Crippen molar-refractivity contribution in [2.45, 2.75) is 45.5 Å². The summed E-state index contributed by atoms with van der Waals surface area (Å²) in [5.74, 6) is -8.63. The van der Waals surface area contributed by atoms with Crippen LogP contribution in [0.3, 0.4) is 0 Å². The number of hydrogen-bond donors (Lipinski definition) is 2. The number of carbonyl (C=O) groups excluding carboxylic acids is 2. The van der Waals surface area contributed by atoms with Crippen LogP contribution in [0, 0.1) is 18.3 Å². The number of aryl methyl sites for hydroxylation is 1. The molecule has 4 rings (SSSR count). The third-order valence-corrected chi connectivity index (χ3v) is 5.99. The number of pyridine rings is 1. The number of nitriles is 1. The largest absolute Gasteiger partial charge is 0.461 e. The Kier molecular flexibility index (Phi) is 8.44. The molecule has 0 saturated heterocycles. The summed E-state index contributed by atoms with van der Waals surface area (Å²) in [7, 11) is 0. The lowest BCUT2D eigenvalue weighted by molar-refractivity contribution is -0.292. The summed E-state index contributed by atoms with van der Waals surface area (Å²) in [6, 6.07) is 8.61. The number of nitrogens with zero attached hydrogens (tertiary/aromatic N) is 8. The molecule has 2 amide bonds. The molecule has 0 aliphatic carbocycles. The lowest BCUT2D eigenvalue weighted by Crippen LogP contribution is -2.35. The van der Waals surface area contributed by atoms with E-state index in [0.29, 0.717) is 10.4 Å². The fourth-order valence-corrected chi connectivity index (χ4v) is 3.99. The lowest BCUT2D eigenvalue weighted by Gasteiger charge is -2.16. The van der Waals surface area contributed by atoms with E-state index in [0.717, 1.165) is 4.68 Å². The van der Waals surface area contributed by atoms with Crippen LogP contribution in [-0.4, -0.2) is 59.0 Å². The number of alkyl halides is 5. The molecule has 0 radical (unpaired) electrons. The molecule has 0 unspecified atom stereocenters. The molecule has 0 fully saturated rings. The highest BCUT2D eigenvalue weighted by molar-refractivity contribution is 6.32. The number of hydrogen-bond acceptors (Lipinski definition) is 8. The Morgan fingerprint density at radius 3 is 2.47 bits per heavy atom. The predicted octanol–water partition coefficient (Wildman–Crippen LogP) is 4.18. The van der Waals surface area contributed by atoms with Crippen molar-refractivity contribution in [2.24, 2.45) is 0 Å². The molecule has 0 bridgehead atoms. The summed E-state index contributed by atoms with van der Waals surface area (Å²) < 4.78 is 66.5. The van der Waals surface area contributed by atoms with Crippen molar-refractivity contribution in [1.82, 2.24) is 40.3 Å². The molecule has 0 saturated carbocycles. The maximum Gasteiger partial charge on any atom is 0.461 e. The predicted molar refractivity (Wildman–Crippen MR) is 140 cm³/mol. The molecule has 18 heteroatoms. The zero-order chi connectivity index (χ0) is 31.7. The second kappa shape index (κ2) is 11.7. The maximum atomic E-state index is 13.7. The van der Waals surface area contributed by atoms with E-state index >= 15 is 0 Å². The Hall–Kier alpha value is -4.98. The van der Waals surface area contributed by atoms with Gasteiger partial charge < -0.3 is 10.6 Å². The van der Waals surface area contributed by atoms with Gasteiger partial charge in [0.2, 0.25) is 0 Å². The van der Waals surface area contributed by atoms with Crippen molar-refractivity contribution >= 4 is 29.1 Å². The summed E-state index contributed by atoms with van der Waals surface area (Å²) in [5.41, 5.74) is 0.364. The molecule has 0 spiro atoms. The molecular weight excluding hydrogens is 603 g/mol. The summed E-state index contributed by atoms with van der Waals surface area (Å²) in [6.45, 7) is 4.46. The van der Waals surface area contributed by atoms with Crippen LogP contribution in [0.5, 0.6) is 0 Å². The third-order valence-electron chi connectivity index (χ3n) is 5.69. The van der Waals surface area contributed by atoms with Crippen molar-refractivity contribution in [2.75, 3.05) is 5.32 Å². The van der Waals surface area contributed by atoms with Gasteiger partial charge in [0.25, 0.3) is 17.6 Å². The molecule has 0 aliphatic rings. The van der Waals surface area contributed by atoms with E-state index < -0.39 is 36.3 Å². The average Bonchev–Trinajstić information content (AvgIpc) is 3.57. The average molecular weight is 623 g/mol. The van der Waals surface area contributed by atoms with Gasteiger partial charge in [-0.3, -0.25) is 9.59 Å². The number of rotatable bonds is 8. The van der Waals surface area contributed by atoms with Gasteiger partial charge in [-0.1, -0.05) is 11.6 Å². The second-order valence-corrected chi connectivity index (χ2v) is 9.77. The highest BCUT2D eigenvalue weighted by atomic mass is 35.5. The first-order chi connectivity index (χ1) is 20.1. The molecule has 12 nitrogen and oxygen atoms in total. The molecular formula is C25H20ClF5N10O2. The first-order valence-electron chi connectivity index (χ1n) is 12.2. The van der Waals surface area contributed by atoms with E-state index in [-0.39, 0.29) is 45.1 Å². The Labute approximate surface area is 244 Å². The standard InChI is InChI=1S/C25H20ClF5N10O2/c1-12(2)34-21(42)16-8-14(10-32)7-13(3)19(16)35-22(43)18-9-15(37-41(18)20-17(26)5-4-6-33-20)11-40-38-23(36-39-40)24(27,28)25(29,30)31/h4-9,12H,11H2,1-3H3,(H,34,42)(H,35,43). The number of benzene rings is 1. The van der Waals surface area contributed by atoms with Gasteiger partial charge in [-0.05, 0) is 61.9 Å². The molecule has 43 heavy (non-hydrogen) atoms. The van der Waals surface area contributed by atoms with Gasteiger partial charge in [0.1, 0.15) is 12.2 Å². The number of carbonyl (C=O) groups is 2. The fourth-order valence-electron chi connectivity index (χ4n) is 3.79. The first-order valence-corrected chi connectivity index (χ1v) is 12.6. The van der Waals surface area contributed by atoms with Crippen LogP contribution in [0.15, 0.2) is 36.5 Å². The van der Waals surface area contributed by atoms with Crippen LogP contribution in [0.2, 0.25) is 5.02 Å². The minimum absolute atomic E-state index is 0.00527. The van der Waals surface area contributed by atoms with Gasteiger partial charge in [0.15, 0.2) is 5.82 Å². The van der Waals surface area contributed by atoms with E-state index in [1.807, 2.05) is 6.07 Å². The van der Waals surface area contributed by atoms with Gasteiger partial charge in [-0.25, -0.2) is 9.67 Å². The minimum atomic E-state index is -5.95. The number of halogens is 6. The van der Waals surface area contributed by atoms with Gasteiger partial charge >= 0.3 is 12.1 Å². The zero-order valence-corrected chi connectivity index (χ0v) is 23.2. The monoisotopic (exact) mass is 622 g/mol. The molecule has 224 valence electrons. The number of anilines is 1. The van der Waals surface area contributed by atoms with Crippen LogP contribution in [0.25, 0.3) is 5.82 Å². The molecule has 4 aromatic rings. The Morgan fingerprint density at radius 2 is 1.84 bits per heavy atom. The summed E-state index contributed by atoms with van der Waals surface area (Å²) in [4.78, 5) is 31.1. The second-order valence-electron chi connectivity index (χ2n) is 9.37. The molecule has 3 aromatic heterocycles. The first kappa shape index (κ1) is 31.0. The van der Waals surface area contributed by atoms with Gasteiger partial charge in [0.05, 0.1) is 33.6 Å². The van der Waals surface area contributed by atoms with Gasteiger partial charge in [0, 0.05) is 12.2 Å². The lowest BCUT2D eigenvalue weighted by atomic mass is 10.0. The van der Waals surface area contributed by atoms with Gasteiger partial charge in [-0.2, -0.15) is 37.1 Å². The molecule has 0 atom stereocenters. The Bertz CT molecular complexity index is 1740. The fraction of sp³-hybridized carbons (Fsp3) is 0.280. The number of amides is 2. The van der Waals surface area contributed by atoms with Crippen molar-refractivity contribution in [3.8, 4) is 11.9 Å². The minimum Gasteiger partial charge on any atom is -0.350 e. The highest BCUT2D eigenvalue weighted by Gasteiger charge is 2.62. The topological polar surface area (TPSA) is 156 Å². The van der Waals surface area contributed by atoms with E-state index in [4.69, 9.17) is 11.6 Å². The van der Waals surface area contributed by atoms with E-state index in [1.54, 1.807) is 20.8 Å². The van der Waals surface area contributed by atoms with Crippen LogP contribution in [0.1, 0.15) is 57.3 Å². The highest BCUT2D eigenvalue weighted by Crippen LogP contribution is 2.41. The molecule has 3 heterocycles. The van der Waals surface area contributed by atoms with Crippen molar-refractivity contribution < 1.29 is 31.5 Å². The quantitative estimate of drug-likeness (QED) is 0.277. The van der Waals surface area contributed by atoms with Crippen LogP contribution >= 0.6 is 11.6 Å². The maximum absolute atomic E-state index is 13.7. The molecule has 0 aliphatic heterocycles. The van der Waals surface area contributed by atoms with Crippen molar-refractivity contribution in [3.63, 3.8) is 0 Å². The normalized spacial score (nSPS) is 11.8. The molecule has 2 N–H and O–H groups in total. The summed E-state index contributed by atoms with van der Waals surface area (Å²) in [6.07, 6.45) is -4.59.